The second-order valence-corrected chi connectivity index (χ2v) is 8.17. The Morgan fingerprint density at radius 1 is 0.909 bits per heavy atom. The summed E-state index contributed by atoms with van der Waals surface area (Å²) in [6.07, 6.45) is 3.43. The zero-order valence-electron chi connectivity index (χ0n) is 18.3. The van der Waals surface area contributed by atoms with Gasteiger partial charge in [0, 0.05) is 49.8 Å². The highest BCUT2D eigenvalue weighted by Crippen LogP contribution is 2.23. The fourth-order valence-corrected chi connectivity index (χ4v) is 4.12. The van der Waals surface area contributed by atoms with Crippen molar-refractivity contribution < 1.29 is 4.79 Å². The first-order valence-electron chi connectivity index (χ1n) is 11.2. The van der Waals surface area contributed by atoms with Gasteiger partial charge in [0.25, 0.3) is 5.91 Å². The van der Waals surface area contributed by atoms with E-state index in [1.54, 1.807) is 12.3 Å². The number of carbonyl (C=O) groups is 1. The maximum atomic E-state index is 13.1. The highest BCUT2D eigenvalue weighted by atomic mass is 16.2. The van der Waals surface area contributed by atoms with Crippen LogP contribution in [-0.2, 0) is 6.54 Å². The van der Waals surface area contributed by atoms with E-state index in [1.807, 2.05) is 48.5 Å². The van der Waals surface area contributed by atoms with E-state index in [4.69, 9.17) is 4.98 Å². The van der Waals surface area contributed by atoms with Crippen molar-refractivity contribution >= 4 is 22.5 Å². The quantitative estimate of drug-likeness (QED) is 0.462. The number of hydrogen-bond donors (Lipinski definition) is 1. The second-order valence-electron chi connectivity index (χ2n) is 8.17. The first-order valence-corrected chi connectivity index (χ1v) is 11.2. The predicted octanol–water partition coefficient (Wildman–Crippen LogP) is 4.68. The summed E-state index contributed by atoms with van der Waals surface area (Å²) in [5.74, 6) is -0.231. The standard InChI is InChI=1S/C27H25N5O/c33-27(31-30-21-13-16-32(17-14-21)19-20-8-2-1-3-9-20)23-18-26(25-12-6-7-15-28-25)29-24-11-5-4-10-22(23)24/h1-12,15,18H,13-14,16-17,19H2,(H,31,33). The summed E-state index contributed by atoms with van der Waals surface area (Å²) >= 11 is 0. The molecule has 1 aliphatic rings. The van der Waals surface area contributed by atoms with Gasteiger partial charge in [0.05, 0.1) is 22.5 Å². The summed E-state index contributed by atoms with van der Waals surface area (Å²) in [6, 6.07) is 25.6. The van der Waals surface area contributed by atoms with E-state index in [2.05, 4.69) is 44.7 Å². The maximum Gasteiger partial charge on any atom is 0.272 e. The Bertz CT molecular complexity index is 1280. The van der Waals surface area contributed by atoms with Gasteiger partial charge < -0.3 is 0 Å². The lowest BCUT2D eigenvalue weighted by Crippen LogP contribution is -2.34. The molecule has 1 aliphatic heterocycles. The summed E-state index contributed by atoms with van der Waals surface area (Å²) in [5, 5.41) is 5.26. The van der Waals surface area contributed by atoms with Crippen LogP contribution in [0.3, 0.4) is 0 Å². The van der Waals surface area contributed by atoms with Crippen molar-refractivity contribution in [2.24, 2.45) is 5.10 Å². The molecule has 0 bridgehead atoms. The number of piperidine rings is 1. The van der Waals surface area contributed by atoms with Crippen LogP contribution in [0.25, 0.3) is 22.3 Å². The SMILES string of the molecule is O=C(NN=C1CCN(Cc2ccccc2)CC1)c1cc(-c2ccccn2)nc2ccccc12. The summed E-state index contributed by atoms with van der Waals surface area (Å²) in [4.78, 5) is 24.6. The number of amides is 1. The number of aromatic nitrogens is 2. The molecule has 0 saturated carbocycles. The molecule has 0 radical (unpaired) electrons. The molecule has 2 aromatic heterocycles. The van der Waals surface area contributed by atoms with Crippen molar-refractivity contribution in [3.63, 3.8) is 0 Å². The molecule has 0 unspecified atom stereocenters. The number of pyridine rings is 2. The van der Waals surface area contributed by atoms with Gasteiger partial charge in [-0.05, 0) is 29.8 Å². The Labute approximate surface area is 193 Å². The maximum absolute atomic E-state index is 13.1. The van der Waals surface area contributed by atoms with Crippen LogP contribution in [0.2, 0.25) is 0 Å². The van der Waals surface area contributed by atoms with E-state index in [0.717, 1.165) is 54.8 Å². The number of fused-ring (bicyclic) bond motifs is 1. The third-order valence-electron chi connectivity index (χ3n) is 5.89. The molecule has 3 heterocycles. The molecule has 164 valence electrons. The minimum atomic E-state index is -0.231. The Morgan fingerprint density at radius 3 is 2.45 bits per heavy atom. The van der Waals surface area contributed by atoms with E-state index in [0.29, 0.717) is 11.3 Å². The first-order chi connectivity index (χ1) is 16.3. The Kier molecular flexibility index (Phi) is 6.17. The molecule has 4 aromatic rings. The number of para-hydroxylation sites is 1. The summed E-state index contributed by atoms with van der Waals surface area (Å²) < 4.78 is 0. The van der Waals surface area contributed by atoms with Gasteiger partial charge in [0.1, 0.15) is 0 Å². The van der Waals surface area contributed by atoms with Crippen molar-refractivity contribution in [2.45, 2.75) is 19.4 Å². The lowest BCUT2D eigenvalue weighted by atomic mass is 10.1. The lowest BCUT2D eigenvalue weighted by Gasteiger charge is -2.27. The van der Waals surface area contributed by atoms with Crippen molar-refractivity contribution in [3.05, 3.63) is 96.2 Å². The zero-order valence-corrected chi connectivity index (χ0v) is 18.3. The summed E-state index contributed by atoms with van der Waals surface area (Å²) in [5.41, 5.74) is 7.83. The molecule has 1 amide bonds. The Hall–Kier alpha value is -3.90. The van der Waals surface area contributed by atoms with Crippen LogP contribution in [-0.4, -0.2) is 39.6 Å². The van der Waals surface area contributed by atoms with Gasteiger partial charge in [-0.2, -0.15) is 5.10 Å². The van der Waals surface area contributed by atoms with Gasteiger partial charge in [0.15, 0.2) is 0 Å². The third kappa shape index (κ3) is 4.96. The molecule has 2 aromatic carbocycles. The number of hydrazone groups is 1. The van der Waals surface area contributed by atoms with E-state index in [-0.39, 0.29) is 5.91 Å². The lowest BCUT2D eigenvalue weighted by molar-refractivity contribution is 0.0956. The highest BCUT2D eigenvalue weighted by molar-refractivity contribution is 6.07. The molecule has 1 saturated heterocycles. The van der Waals surface area contributed by atoms with Crippen LogP contribution >= 0.6 is 0 Å². The van der Waals surface area contributed by atoms with Gasteiger partial charge in [0.2, 0.25) is 0 Å². The number of nitrogens with one attached hydrogen (secondary N) is 1. The van der Waals surface area contributed by atoms with Gasteiger partial charge >= 0.3 is 0 Å². The van der Waals surface area contributed by atoms with E-state index in [1.165, 1.54) is 5.56 Å². The topological polar surface area (TPSA) is 70.5 Å². The van der Waals surface area contributed by atoms with E-state index >= 15 is 0 Å². The molecule has 0 spiro atoms. The molecule has 5 rings (SSSR count). The molecule has 6 heteroatoms. The molecule has 6 nitrogen and oxygen atoms in total. The smallest absolute Gasteiger partial charge is 0.272 e. The third-order valence-corrected chi connectivity index (χ3v) is 5.89. The molecule has 33 heavy (non-hydrogen) atoms. The fraction of sp³-hybridized carbons (Fsp3) is 0.185. The van der Waals surface area contributed by atoms with Gasteiger partial charge in [-0.15, -0.1) is 0 Å². The molecule has 1 fully saturated rings. The van der Waals surface area contributed by atoms with Crippen LogP contribution in [0.15, 0.2) is 90.2 Å². The molecule has 0 aliphatic carbocycles. The van der Waals surface area contributed by atoms with E-state index < -0.39 is 0 Å². The van der Waals surface area contributed by atoms with Crippen LogP contribution in [0.5, 0.6) is 0 Å². The second kappa shape index (κ2) is 9.71. The van der Waals surface area contributed by atoms with Crippen LogP contribution < -0.4 is 5.43 Å². The summed E-state index contributed by atoms with van der Waals surface area (Å²) in [7, 11) is 0. The number of hydrogen-bond acceptors (Lipinski definition) is 5. The largest absolute Gasteiger partial charge is 0.298 e. The minimum absolute atomic E-state index is 0.231. The monoisotopic (exact) mass is 435 g/mol. The van der Waals surface area contributed by atoms with E-state index in [9.17, 15) is 4.79 Å². The fourth-order valence-electron chi connectivity index (χ4n) is 4.12. The minimum Gasteiger partial charge on any atom is -0.298 e. The molecular weight excluding hydrogens is 410 g/mol. The predicted molar refractivity (Wildman–Crippen MR) is 131 cm³/mol. The first kappa shape index (κ1) is 21.0. The highest BCUT2D eigenvalue weighted by Gasteiger charge is 2.17. The van der Waals surface area contributed by atoms with Crippen LogP contribution in [0.1, 0.15) is 28.8 Å². The summed E-state index contributed by atoms with van der Waals surface area (Å²) in [6.45, 7) is 2.82. The normalized spacial score (nSPS) is 14.2. The number of likely N-dealkylation sites (tertiary alicyclic amines) is 1. The van der Waals surface area contributed by atoms with Crippen molar-refractivity contribution in [1.82, 2.24) is 20.3 Å². The molecule has 0 atom stereocenters. The average molecular weight is 436 g/mol. The van der Waals surface area contributed by atoms with Crippen molar-refractivity contribution in [1.29, 1.82) is 0 Å². The van der Waals surface area contributed by atoms with Crippen LogP contribution in [0, 0.1) is 0 Å². The number of rotatable bonds is 5. The van der Waals surface area contributed by atoms with Crippen molar-refractivity contribution in [2.75, 3.05) is 13.1 Å². The van der Waals surface area contributed by atoms with Gasteiger partial charge in [-0.1, -0.05) is 54.6 Å². The number of nitrogens with zero attached hydrogens (tertiary/aromatic N) is 4. The van der Waals surface area contributed by atoms with Crippen molar-refractivity contribution in [3.8, 4) is 11.4 Å². The number of benzene rings is 2. The number of carbonyl (C=O) groups excluding carboxylic acids is 1. The van der Waals surface area contributed by atoms with Gasteiger partial charge in [-0.25, -0.2) is 10.4 Å². The average Bonchev–Trinajstić information content (AvgIpc) is 2.88. The zero-order chi connectivity index (χ0) is 22.5. The Balaban J connectivity index is 1.30. The molecule has 1 N–H and O–H groups in total. The Morgan fingerprint density at radius 2 is 1.67 bits per heavy atom. The molecular formula is C27H25N5O. The van der Waals surface area contributed by atoms with Gasteiger partial charge in [-0.3, -0.25) is 14.7 Å². The van der Waals surface area contributed by atoms with Crippen LogP contribution in [0.4, 0.5) is 0 Å².